The highest BCUT2D eigenvalue weighted by Gasteiger charge is 2.52. The van der Waals surface area contributed by atoms with Crippen molar-refractivity contribution in [1.82, 2.24) is 9.80 Å². The first-order chi connectivity index (χ1) is 13.0. The van der Waals surface area contributed by atoms with E-state index in [1.807, 2.05) is 23.1 Å². The smallest absolute Gasteiger partial charge is 0.248 e. The molecule has 2 atom stereocenters. The lowest BCUT2D eigenvalue weighted by molar-refractivity contribution is -0.135. The number of hydrogen-bond acceptors (Lipinski definition) is 5. The molecule has 0 saturated carbocycles. The zero-order valence-corrected chi connectivity index (χ0v) is 16.9. The molecule has 146 valence electrons. The van der Waals surface area contributed by atoms with E-state index in [2.05, 4.69) is 35.0 Å². The van der Waals surface area contributed by atoms with Gasteiger partial charge in [-0.15, -0.1) is 11.8 Å². The number of amides is 2. The van der Waals surface area contributed by atoms with Crippen molar-refractivity contribution >= 4 is 35.0 Å². The zero-order valence-electron chi connectivity index (χ0n) is 16.1. The molecule has 1 aromatic rings. The van der Waals surface area contributed by atoms with Crippen molar-refractivity contribution in [3.05, 3.63) is 24.3 Å². The van der Waals surface area contributed by atoms with Crippen LogP contribution in [0.2, 0.25) is 0 Å². The number of piperazine rings is 1. The van der Waals surface area contributed by atoms with Gasteiger partial charge < -0.3 is 20.0 Å². The monoisotopic (exact) mass is 388 g/mol. The second-order valence-corrected chi connectivity index (χ2v) is 9.19. The highest BCUT2D eigenvalue weighted by molar-refractivity contribution is 8.01. The van der Waals surface area contributed by atoms with Gasteiger partial charge in [0, 0.05) is 38.4 Å². The summed E-state index contributed by atoms with van der Waals surface area (Å²) in [6.45, 7) is 9.35. The summed E-state index contributed by atoms with van der Waals surface area (Å²) in [5.74, 6) is 0.707. The summed E-state index contributed by atoms with van der Waals surface area (Å²) in [5, 5.41) is 3.12. The lowest BCUT2D eigenvalue weighted by Crippen LogP contribution is -2.48. The lowest BCUT2D eigenvalue weighted by Gasteiger charge is -2.36. The third-order valence-electron chi connectivity index (χ3n) is 6.07. The van der Waals surface area contributed by atoms with E-state index >= 15 is 0 Å². The number of benzene rings is 1. The number of likely N-dealkylation sites (N-methyl/N-ethyl adjacent to an activating group) is 1. The molecule has 1 aromatic carbocycles. The molecule has 0 aliphatic carbocycles. The number of hydrogen-bond donors (Lipinski definition) is 1. The first-order valence-electron chi connectivity index (χ1n) is 9.85. The van der Waals surface area contributed by atoms with E-state index in [-0.39, 0.29) is 22.7 Å². The van der Waals surface area contributed by atoms with Gasteiger partial charge in [0.15, 0.2) is 0 Å². The molecular weight excluding hydrogens is 360 g/mol. The van der Waals surface area contributed by atoms with E-state index in [0.29, 0.717) is 12.2 Å². The molecule has 27 heavy (non-hydrogen) atoms. The van der Waals surface area contributed by atoms with Crippen LogP contribution >= 0.6 is 11.8 Å². The van der Waals surface area contributed by atoms with Crippen LogP contribution in [0.5, 0.6) is 0 Å². The summed E-state index contributed by atoms with van der Waals surface area (Å²) >= 11 is 1.73. The summed E-state index contributed by atoms with van der Waals surface area (Å²) in [5.41, 5.74) is 1.92. The van der Waals surface area contributed by atoms with Gasteiger partial charge in [-0.2, -0.15) is 0 Å². The summed E-state index contributed by atoms with van der Waals surface area (Å²) in [4.78, 5) is 31.7. The van der Waals surface area contributed by atoms with Crippen LogP contribution in [0.3, 0.4) is 0 Å². The van der Waals surface area contributed by atoms with E-state index in [0.717, 1.165) is 50.5 Å². The third kappa shape index (κ3) is 3.43. The second kappa shape index (κ2) is 7.36. The molecule has 7 heteroatoms. The fourth-order valence-electron chi connectivity index (χ4n) is 4.39. The Kier molecular flexibility index (Phi) is 5.07. The first-order valence-corrected chi connectivity index (χ1v) is 10.8. The molecular formula is C20H28N4O2S. The van der Waals surface area contributed by atoms with Crippen LogP contribution in [-0.4, -0.2) is 71.0 Å². The Labute approximate surface area is 165 Å². The third-order valence-corrected chi connectivity index (χ3v) is 7.57. The highest BCUT2D eigenvalue weighted by atomic mass is 32.2. The Hall–Kier alpha value is -1.73. The Morgan fingerprint density at radius 3 is 2.74 bits per heavy atom. The zero-order chi connectivity index (χ0) is 19.0. The lowest BCUT2D eigenvalue weighted by atomic mass is 10.2. The maximum atomic E-state index is 13.0. The van der Waals surface area contributed by atoms with Crippen molar-refractivity contribution in [2.75, 3.05) is 48.7 Å². The second-order valence-electron chi connectivity index (χ2n) is 7.69. The normalized spacial score (nSPS) is 28.5. The summed E-state index contributed by atoms with van der Waals surface area (Å²) in [6, 6.07) is 7.64. The predicted octanol–water partition coefficient (Wildman–Crippen LogP) is 2.22. The summed E-state index contributed by atoms with van der Waals surface area (Å²) in [7, 11) is 0. The molecule has 1 N–H and O–H groups in total. The van der Waals surface area contributed by atoms with E-state index < -0.39 is 0 Å². The molecule has 3 fully saturated rings. The van der Waals surface area contributed by atoms with Crippen molar-refractivity contribution in [2.45, 2.75) is 37.6 Å². The number of nitrogens with zero attached hydrogens (tertiary/aromatic N) is 3. The number of para-hydroxylation sites is 2. The number of anilines is 2. The maximum Gasteiger partial charge on any atom is 0.248 e. The minimum atomic E-state index is -0.375. The summed E-state index contributed by atoms with van der Waals surface area (Å²) in [6.07, 6.45) is 1.38. The molecule has 0 radical (unpaired) electrons. The number of nitrogens with one attached hydrogen (secondary N) is 1. The molecule has 3 saturated heterocycles. The van der Waals surface area contributed by atoms with Gasteiger partial charge in [0.2, 0.25) is 11.8 Å². The topological polar surface area (TPSA) is 55.9 Å². The number of rotatable bonds is 4. The Morgan fingerprint density at radius 1 is 1.26 bits per heavy atom. The van der Waals surface area contributed by atoms with Gasteiger partial charge in [-0.1, -0.05) is 19.1 Å². The molecule has 3 heterocycles. The van der Waals surface area contributed by atoms with Gasteiger partial charge >= 0.3 is 0 Å². The number of carbonyl (C=O) groups excluding carboxylic acids is 2. The van der Waals surface area contributed by atoms with Gasteiger partial charge in [-0.05, 0) is 32.0 Å². The fourth-order valence-corrected chi connectivity index (χ4v) is 5.82. The van der Waals surface area contributed by atoms with Crippen molar-refractivity contribution in [3.8, 4) is 0 Å². The minimum Gasteiger partial charge on any atom is -0.367 e. The van der Waals surface area contributed by atoms with Crippen LogP contribution in [0, 0.1) is 0 Å². The van der Waals surface area contributed by atoms with Gasteiger partial charge in [0.05, 0.1) is 16.2 Å². The average Bonchev–Trinajstić information content (AvgIpc) is 3.18. The van der Waals surface area contributed by atoms with Crippen molar-refractivity contribution in [3.63, 3.8) is 0 Å². The molecule has 2 amide bonds. The van der Waals surface area contributed by atoms with Gasteiger partial charge in [0.1, 0.15) is 6.04 Å². The summed E-state index contributed by atoms with van der Waals surface area (Å²) < 4.78 is 0. The largest absolute Gasteiger partial charge is 0.367 e. The van der Waals surface area contributed by atoms with Crippen LogP contribution in [0.4, 0.5) is 11.4 Å². The number of fused-ring (bicyclic) bond motifs is 1. The average molecular weight is 389 g/mol. The van der Waals surface area contributed by atoms with Crippen LogP contribution in [-0.2, 0) is 9.59 Å². The molecule has 0 aromatic heterocycles. The van der Waals surface area contributed by atoms with E-state index in [4.69, 9.17) is 0 Å². The Bertz CT molecular complexity index is 734. The standard InChI is InChI=1S/C20H28N4O2S/c1-3-22-10-12-23(13-11-22)16-7-5-4-6-15(16)21-19(26)17-14-27-20(2)9-8-18(25)24(17)20/h4-7,17H,3,8-14H2,1-2H3,(H,21,26). The van der Waals surface area contributed by atoms with E-state index in [9.17, 15) is 9.59 Å². The molecule has 0 spiro atoms. The van der Waals surface area contributed by atoms with Crippen LogP contribution in [0.25, 0.3) is 0 Å². The highest BCUT2D eigenvalue weighted by Crippen LogP contribution is 2.47. The van der Waals surface area contributed by atoms with Crippen LogP contribution < -0.4 is 10.2 Å². The SMILES string of the molecule is CCN1CCN(c2ccccc2NC(=O)C2CSC3(C)CCC(=O)N23)CC1. The molecule has 3 aliphatic heterocycles. The van der Waals surface area contributed by atoms with Gasteiger partial charge in [0.25, 0.3) is 0 Å². The molecule has 3 aliphatic rings. The maximum absolute atomic E-state index is 13.0. The van der Waals surface area contributed by atoms with E-state index in [1.54, 1.807) is 11.8 Å². The molecule has 4 rings (SSSR count). The van der Waals surface area contributed by atoms with Crippen molar-refractivity contribution in [1.29, 1.82) is 0 Å². The van der Waals surface area contributed by atoms with Crippen molar-refractivity contribution < 1.29 is 9.59 Å². The predicted molar refractivity (Wildman–Crippen MR) is 110 cm³/mol. The molecule has 2 unspecified atom stereocenters. The fraction of sp³-hybridized carbons (Fsp3) is 0.600. The molecule has 6 nitrogen and oxygen atoms in total. The molecule has 0 bridgehead atoms. The van der Waals surface area contributed by atoms with Gasteiger partial charge in [-0.3, -0.25) is 9.59 Å². The van der Waals surface area contributed by atoms with Crippen LogP contribution in [0.1, 0.15) is 26.7 Å². The van der Waals surface area contributed by atoms with E-state index in [1.165, 1.54) is 0 Å². The quantitative estimate of drug-likeness (QED) is 0.857. The number of thioether (sulfide) groups is 1. The Morgan fingerprint density at radius 2 is 2.00 bits per heavy atom. The van der Waals surface area contributed by atoms with Crippen LogP contribution in [0.15, 0.2) is 24.3 Å². The van der Waals surface area contributed by atoms with Crippen molar-refractivity contribution in [2.24, 2.45) is 0 Å². The number of carbonyl (C=O) groups is 2. The Balaban J connectivity index is 1.49. The first kappa shape index (κ1) is 18.6. The minimum absolute atomic E-state index is 0.0684. The van der Waals surface area contributed by atoms with Gasteiger partial charge in [-0.25, -0.2) is 0 Å².